The van der Waals surface area contributed by atoms with E-state index in [-0.39, 0.29) is 0 Å². The van der Waals surface area contributed by atoms with Gasteiger partial charge in [0.05, 0.1) is 10.7 Å². The Morgan fingerprint density at radius 3 is 2.73 bits per heavy atom. The number of nitrogen functional groups attached to an aromatic ring is 1. The minimum atomic E-state index is -0.541. The predicted octanol–water partition coefficient (Wildman–Crippen LogP) is 1.00. The zero-order valence-electron chi connectivity index (χ0n) is 8.09. The molecule has 2 amide bonds. The van der Waals surface area contributed by atoms with Crippen molar-refractivity contribution in [1.29, 1.82) is 0 Å². The van der Waals surface area contributed by atoms with Gasteiger partial charge in [0, 0.05) is 18.8 Å². The van der Waals surface area contributed by atoms with Gasteiger partial charge in [-0.25, -0.2) is 4.79 Å². The number of amides is 2. The summed E-state index contributed by atoms with van der Waals surface area (Å²) < 4.78 is 0. The lowest BCUT2D eigenvalue weighted by atomic mass is 10.3. The molecule has 0 saturated carbocycles. The minimum Gasteiger partial charge on any atom is -0.399 e. The van der Waals surface area contributed by atoms with E-state index in [0.717, 1.165) is 5.69 Å². The summed E-state index contributed by atoms with van der Waals surface area (Å²) in [6, 6.07) is 4.64. The predicted molar refractivity (Wildman–Crippen MR) is 61.9 cm³/mol. The fourth-order valence-corrected chi connectivity index (χ4v) is 1.31. The quantitative estimate of drug-likeness (QED) is 0.458. The topological polar surface area (TPSA) is 93.2 Å². The molecule has 0 aromatic heterocycles. The molecule has 0 aliphatic heterocycles. The second-order valence-electron chi connectivity index (χ2n) is 2.96. The van der Waals surface area contributed by atoms with Crippen LogP contribution in [0.1, 0.15) is 0 Å². The molecular formula is C9H13ClN4O. The summed E-state index contributed by atoms with van der Waals surface area (Å²) in [7, 11) is 0. The van der Waals surface area contributed by atoms with E-state index in [1.54, 1.807) is 18.2 Å². The average molecular weight is 229 g/mol. The number of benzene rings is 1. The first kappa shape index (κ1) is 11.5. The Bertz CT molecular complexity index is 356. The summed E-state index contributed by atoms with van der Waals surface area (Å²) in [4.78, 5) is 10.4. The van der Waals surface area contributed by atoms with E-state index in [9.17, 15) is 4.79 Å². The summed E-state index contributed by atoms with van der Waals surface area (Å²) >= 11 is 5.92. The first-order valence-electron chi connectivity index (χ1n) is 4.42. The molecule has 0 heterocycles. The second kappa shape index (κ2) is 5.31. The van der Waals surface area contributed by atoms with E-state index in [0.29, 0.717) is 23.8 Å². The molecule has 0 bridgehead atoms. The van der Waals surface area contributed by atoms with Crippen LogP contribution in [0.2, 0.25) is 5.02 Å². The van der Waals surface area contributed by atoms with Gasteiger partial charge < -0.3 is 22.1 Å². The van der Waals surface area contributed by atoms with Gasteiger partial charge in [-0.1, -0.05) is 11.6 Å². The second-order valence-corrected chi connectivity index (χ2v) is 3.36. The molecule has 6 N–H and O–H groups in total. The zero-order valence-corrected chi connectivity index (χ0v) is 8.84. The van der Waals surface area contributed by atoms with Crippen LogP contribution in [0, 0.1) is 0 Å². The SMILES string of the molecule is NC(=O)NCCNc1ccc(N)cc1Cl. The molecule has 1 rings (SSSR count). The maximum Gasteiger partial charge on any atom is 0.312 e. The van der Waals surface area contributed by atoms with Crippen LogP contribution in [0.4, 0.5) is 16.2 Å². The van der Waals surface area contributed by atoms with Crippen molar-refractivity contribution in [2.75, 3.05) is 24.1 Å². The number of nitrogens with one attached hydrogen (secondary N) is 2. The Morgan fingerprint density at radius 1 is 1.40 bits per heavy atom. The molecule has 15 heavy (non-hydrogen) atoms. The molecule has 0 spiro atoms. The standard InChI is InChI=1S/C9H13ClN4O/c10-7-5-6(11)1-2-8(7)13-3-4-14-9(12)15/h1-2,5,13H,3-4,11H2,(H3,12,14,15). The van der Waals surface area contributed by atoms with E-state index < -0.39 is 6.03 Å². The van der Waals surface area contributed by atoms with Crippen LogP contribution < -0.4 is 22.1 Å². The Balaban J connectivity index is 2.40. The normalized spacial score (nSPS) is 9.67. The van der Waals surface area contributed by atoms with Crippen molar-refractivity contribution in [1.82, 2.24) is 5.32 Å². The molecule has 0 radical (unpaired) electrons. The van der Waals surface area contributed by atoms with Crippen molar-refractivity contribution in [2.45, 2.75) is 0 Å². The molecule has 1 aromatic rings. The summed E-state index contributed by atoms with van der Waals surface area (Å²) in [5.41, 5.74) is 11.8. The van der Waals surface area contributed by atoms with Crippen molar-refractivity contribution in [3.63, 3.8) is 0 Å². The Labute approximate surface area is 92.8 Å². The number of hydrogen-bond acceptors (Lipinski definition) is 3. The summed E-state index contributed by atoms with van der Waals surface area (Å²) in [6.07, 6.45) is 0. The lowest BCUT2D eigenvalue weighted by Gasteiger charge is -2.08. The van der Waals surface area contributed by atoms with Crippen molar-refractivity contribution in [2.24, 2.45) is 5.73 Å². The number of carbonyl (C=O) groups excluding carboxylic acids is 1. The lowest BCUT2D eigenvalue weighted by Crippen LogP contribution is -2.33. The number of urea groups is 1. The molecule has 82 valence electrons. The number of hydrogen-bond donors (Lipinski definition) is 4. The third kappa shape index (κ3) is 3.95. The minimum absolute atomic E-state index is 0.441. The van der Waals surface area contributed by atoms with E-state index in [4.69, 9.17) is 23.1 Å². The Morgan fingerprint density at radius 2 is 2.13 bits per heavy atom. The first-order valence-corrected chi connectivity index (χ1v) is 4.79. The number of primary amides is 1. The first-order chi connectivity index (χ1) is 7.09. The maximum absolute atomic E-state index is 10.4. The number of nitrogens with two attached hydrogens (primary N) is 2. The highest BCUT2D eigenvalue weighted by molar-refractivity contribution is 6.33. The fourth-order valence-electron chi connectivity index (χ4n) is 1.06. The molecule has 0 aliphatic rings. The number of carbonyl (C=O) groups is 1. The van der Waals surface area contributed by atoms with E-state index in [2.05, 4.69) is 10.6 Å². The van der Waals surface area contributed by atoms with Gasteiger partial charge in [0.1, 0.15) is 0 Å². The van der Waals surface area contributed by atoms with Crippen molar-refractivity contribution < 1.29 is 4.79 Å². The average Bonchev–Trinajstić information content (AvgIpc) is 2.14. The molecule has 6 heteroatoms. The van der Waals surface area contributed by atoms with Crippen LogP contribution >= 0.6 is 11.6 Å². The van der Waals surface area contributed by atoms with Crippen molar-refractivity contribution in [3.05, 3.63) is 23.2 Å². The number of halogens is 1. The third-order valence-corrected chi connectivity index (χ3v) is 2.05. The molecule has 0 fully saturated rings. The van der Waals surface area contributed by atoms with Crippen LogP contribution in [-0.2, 0) is 0 Å². The van der Waals surface area contributed by atoms with Gasteiger partial charge in [-0.3, -0.25) is 0 Å². The molecule has 0 saturated heterocycles. The summed E-state index contributed by atoms with van der Waals surface area (Å²) in [5.74, 6) is 0. The van der Waals surface area contributed by atoms with Crippen LogP contribution in [0.5, 0.6) is 0 Å². The van der Waals surface area contributed by atoms with Gasteiger partial charge in [0.15, 0.2) is 0 Å². The monoisotopic (exact) mass is 228 g/mol. The zero-order chi connectivity index (χ0) is 11.3. The number of rotatable bonds is 4. The largest absolute Gasteiger partial charge is 0.399 e. The smallest absolute Gasteiger partial charge is 0.312 e. The highest BCUT2D eigenvalue weighted by Gasteiger charge is 1.99. The molecule has 0 unspecified atom stereocenters. The van der Waals surface area contributed by atoms with E-state index in [1.807, 2.05) is 0 Å². The molecule has 0 aliphatic carbocycles. The van der Waals surface area contributed by atoms with Gasteiger partial charge in [0.2, 0.25) is 0 Å². The number of anilines is 2. The van der Waals surface area contributed by atoms with Gasteiger partial charge >= 0.3 is 6.03 Å². The maximum atomic E-state index is 10.4. The van der Waals surface area contributed by atoms with E-state index >= 15 is 0 Å². The molecule has 1 aromatic carbocycles. The third-order valence-electron chi connectivity index (χ3n) is 1.73. The molecule has 5 nitrogen and oxygen atoms in total. The van der Waals surface area contributed by atoms with Gasteiger partial charge in [-0.05, 0) is 18.2 Å². The van der Waals surface area contributed by atoms with Gasteiger partial charge in [0.25, 0.3) is 0 Å². The summed E-state index contributed by atoms with van der Waals surface area (Å²) in [6.45, 7) is 0.989. The van der Waals surface area contributed by atoms with E-state index in [1.165, 1.54) is 0 Å². The molecule has 0 atom stereocenters. The highest BCUT2D eigenvalue weighted by Crippen LogP contribution is 2.23. The van der Waals surface area contributed by atoms with Crippen LogP contribution in [0.3, 0.4) is 0 Å². The fraction of sp³-hybridized carbons (Fsp3) is 0.222. The van der Waals surface area contributed by atoms with Crippen molar-refractivity contribution >= 4 is 29.0 Å². The van der Waals surface area contributed by atoms with Crippen LogP contribution in [0.15, 0.2) is 18.2 Å². The molecular weight excluding hydrogens is 216 g/mol. The Kier molecular flexibility index (Phi) is 4.05. The summed E-state index contributed by atoms with van der Waals surface area (Å²) in [5, 5.41) is 6.04. The van der Waals surface area contributed by atoms with Crippen molar-refractivity contribution in [3.8, 4) is 0 Å². The van der Waals surface area contributed by atoms with Gasteiger partial charge in [-0.15, -0.1) is 0 Å². The van der Waals surface area contributed by atoms with Crippen LogP contribution in [-0.4, -0.2) is 19.1 Å². The van der Waals surface area contributed by atoms with Gasteiger partial charge in [-0.2, -0.15) is 0 Å². The van der Waals surface area contributed by atoms with Crippen LogP contribution in [0.25, 0.3) is 0 Å². The lowest BCUT2D eigenvalue weighted by molar-refractivity contribution is 0.249. The Hall–Kier alpha value is -1.62. The highest BCUT2D eigenvalue weighted by atomic mass is 35.5.